The third kappa shape index (κ3) is 4.46. The molecule has 1 aromatic heterocycles. The Hall–Kier alpha value is -2.11. The van der Waals surface area contributed by atoms with Gasteiger partial charge in [-0.3, -0.25) is 9.48 Å². The first-order valence-electron chi connectivity index (χ1n) is 8.58. The summed E-state index contributed by atoms with van der Waals surface area (Å²) in [5, 5.41) is 4.30. The van der Waals surface area contributed by atoms with Crippen molar-refractivity contribution in [3.8, 4) is 0 Å². The van der Waals surface area contributed by atoms with Crippen LogP contribution in [-0.4, -0.2) is 45.8 Å². The highest BCUT2D eigenvalue weighted by Crippen LogP contribution is 2.14. The number of nitrogens with zero attached hydrogens (tertiary/aromatic N) is 3. The number of hydrogen-bond acceptors (Lipinski definition) is 4. The SMILES string of the molecule is Cc1nn(C)c(C)c1/C=C/C(=O)O[C@@H](C)C(=O)N1CCCCCC1. The molecule has 0 spiro atoms. The van der Waals surface area contributed by atoms with Gasteiger partial charge in [0.25, 0.3) is 5.91 Å². The molecular weight excluding hydrogens is 306 g/mol. The highest BCUT2D eigenvalue weighted by molar-refractivity contribution is 5.90. The smallest absolute Gasteiger partial charge is 0.331 e. The van der Waals surface area contributed by atoms with Gasteiger partial charge in [0.2, 0.25) is 0 Å². The van der Waals surface area contributed by atoms with Crippen molar-refractivity contribution in [2.75, 3.05) is 13.1 Å². The van der Waals surface area contributed by atoms with E-state index in [0.29, 0.717) is 0 Å². The number of carbonyl (C=O) groups is 2. The largest absolute Gasteiger partial charge is 0.449 e. The van der Waals surface area contributed by atoms with Crippen molar-refractivity contribution in [3.63, 3.8) is 0 Å². The molecule has 0 unspecified atom stereocenters. The average Bonchev–Trinajstić information content (AvgIpc) is 2.76. The maximum Gasteiger partial charge on any atom is 0.331 e. The molecule has 2 rings (SSSR count). The number of carbonyl (C=O) groups excluding carboxylic acids is 2. The molecule has 1 amide bonds. The average molecular weight is 333 g/mol. The number of amides is 1. The molecule has 24 heavy (non-hydrogen) atoms. The summed E-state index contributed by atoms with van der Waals surface area (Å²) in [6.45, 7) is 6.98. The van der Waals surface area contributed by atoms with E-state index < -0.39 is 12.1 Å². The van der Waals surface area contributed by atoms with E-state index in [0.717, 1.165) is 55.7 Å². The van der Waals surface area contributed by atoms with Crippen LogP contribution in [0.1, 0.15) is 49.6 Å². The molecule has 0 bridgehead atoms. The lowest BCUT2D eigenvalue weighted by Crippen LogP contribution is -2.40. The van der Waals surface area contributed by atoms with Gasteiger partial charge in [0, 0.05) is 37.5 Å². The van der Waals surface area contributed by atoms with Crippen molar-refractivity contribution in [1.29, 1.82) is 0 Å². The number of likely N-dealkylation sites (tertiary alicyclic amines) is 1. The van der Waals surface area contributed by atoms with E-state index in [1.54, 1.807) is 17.7 Å². The summed E-state index contributed by atoms with van der Waals surface area (Å²) in [7, 11) is 1.86. The van der Waals surface area contributed by atoms with Gasteiger partial charge in [-0.15, -0.1) is 0 Å². The topological polar surface area (TPSA) is 64.4 Å². The molecule has 2 heterocycles. The van der Waals surface area contributed by atoms with E-state index in [4.69, 9.17) is 4.74 Å². The van der Waals surface area contributed by atoms with Crippen molar-refractivity contribution in [2.45, 2.75) is 52.6 Å². The number of ether oxygens (including phenoxy) is 1. The molecule has 1 aliphatic heterocycles. The van der Waals surface area contributed by atoms with Crippen LogP contribution in [0.25, 0.3) is 6.08 Å². The van der Waals surface area contributed by atoms with E-state index in [1.165, 1.54) is 6.08 Å². The molecule has 0 aromatic carbocycles. The second-order valence-corrected chi connectivity index (χ2v) is 6.36. The lowest BCUT2D eigenvalue weighted by atomic mass is 10.2. The van der Waals surface area contributed by atoms with Gasteiger partial charge in [0.15, 0.2) is 6.10 Å². The predicted molar refractivity (Wildman–Crippen MR) is 92.3 cm³/mol. The normalized spacial score (nSPS) is 16.9. The van der Waals surface area contributed by atoms with E-state index in [1.807, 2.05) is 25.8 Å². The lowest BCUT2D eigenvalue weighted by Gasteiger charge is -2.23. The molecule has 1 aromatic rings. The van der Waals surface area contributed by atoms with E-state index >= 15 is 0 Å². The Labute approximate surface area is 143 Å². The van der Waals surface area contributed by atoms with Gasteiger partial charge in [-0.1, -0.05) is 12.8 Å². The van der Waals surface area contributed by atoms with Crippen LogP contribution in [0.5, 0.6) is 0 Å². The fourth-order valence-electron chi connectivity index (χ4n) is 2.99. The summed E-state index contributed by atoms with van der Waals surface area (Å²) in [4.78, 5) is 26.2. The van der Waals surface area contributed by atoms with Crippen LogP contribution >= 0.6 is 0 Å². The Morgan fingerprint density at radius 1 is 1.17 bits per heavy atom. The molecule has 1 aliphatic rings. The number of hydrogen-bond donors (Lipinski definition) is 0. The third-order valence-electron chi connectivity index (χ3n) is 4.51. The minimum Gasteiger partial charge on any atom is -0.449 e. The first-order chi connectivity index (χ1) is 11.4. The summed E-state index contributed by atoms with van der Waals surface area (Å²) >= 11 is 0. The molecular formula is C18H27N3O3. The van der Waals surface area contributed by atoms with Crippen LogP contribution in [0.4, 0.5) is 0 Å². The maximum atomic E-state index is 12.4. The predicted octanol–water partition coefficient (Wildman–Crippen LogP) is 2.38. The quantitative estimate of drug-likeness (QED) is 0.627. The molecule has 0 aliphatic carbocycles. The van der Waals surface area contributed by atoms with Gasteiger partial charge < -0.3 is 9.64 Å². The summed E-state index contributed by atoms with van der Waals surface area (Å²) in [5.74, 6) is -0.610. The van der Waals surface area contributed by atoms with Gasteiger partial charge in [-0.05, 0) is 39.7 Å². The van der Waals surface area contributed by atoms with E-state index in [-0.39, 0.29) is 5.91 Å². The number of esters is 1. The monoisotopic (exact) mass is 333 g/mol. The molecule has 0 radical (unpaired) electrons. The highest BCUT2D eigenvalue weighted by atomic mass is 16.5. The maximum absolute atomic E-state index is 12.4. The summed E-state index contributed by atoms with van der Waals surface area (Å²) in [6.07, 6.45) is 6.66. The summed E-state index contributed by atoms with van der Waals surface area (Å²) < 4.78 is 7.04. The molecule has 1 atom stereocenters. The van der Waals surface area contributed by atoms with Crippen LogP contribution in [-0.2, 0) is 21.4 Å². The van der Waals surface area contributed by atoms with Gasteiger partial charge in [-0.2, -0.15) is 5.10 Å². The second-order valence-electron chi connectivity index (χ2n) is 6.36. The molecule has 6 nitrogen and oxygen atoms in total. The zero-order valence-electron chi connectivity index (χ0n) is 15.0. The Morgan fingerprint density at radius 3 is 2.33 bits per heavy atom. The molecule has 0 N–H and O–H groups in total. The lowest BCUT2D eigenvalue weighted by molar-refractivity contribution is -0.155. The molecule has 0 saturated carbocycles. The molecule has 132 valence electrons. The minimum absolute atomic E-state index is 0.104. The van der Waals surface area contributed by atoms with E-state index in [2.05, 4.69) is 5.10 Å². The fourth-order valence-corrected chi connectivity index (χ4v) is 2.99. The Morgan fingerprint density at radius 2 is 1.79 bits per heavy atom. The van der Waals surface area contributed by atoms with Crippen LogP contribution in [0.3, 0.4) is 0 Å². The van der Waals surface area contributed by atoms with Crippen molar-refractivity contribution in [3.05, 3.63) is 23.0 Å². The van der Waals surface area contributed by atoms with Crippen LogP contribution < -0.4 is 0 Å². The van der Waals surface area contributed by atoms with Crippen molar-refractivity contribution < 1.29 is 14.3 Å². The second kappa shape index (κ2) is 8.13. The van der Waals surface area contributed by atoms with Crippen LogP contribution in [0, 0.1) is 13.8 Å². The minimum atomic E-state index is -0.753. The highest BCUT2D eigenvalue weighted by Gasteiger charge is 2.23. The number of aromatic nitrogens is 2. The van der Waals surface area contributed by atoms with Gasteiger partial charge in [-0.25, -0.2) is 4.79 Å². The molecule has 1 fully saturated rings. The summed E-state index contributed by atoms with van der Waals surface area (Å²) in [5.41, 5.74) is 2.74. The fraction of sp³-hybridized carbons (Fsp3) is 0.611. The molecule has 1 saturated heterocycles. The van der Waals surface area contributed by atoms with Gasteiger partial charge >= 0.3 is 5.97 Å². The zero-order valence-corrected chi connectivity index (χ0v) is 15.0. The van der Waals surface area contributed by atoms with Crippen LogP contribution in [0.2, 0.25) is 0 Å². The summed E-state index contributed by atoms with van der Waals surface area (Å²) in [6, 6.07) is 0. The van der Waals surface area contributed by atoms with Gasteiger partial charge in [0.05, 0.1) is 5.69 Å². The Bertz CT molecular complexity index is 626. The van der Waals surface area contributed by atoms with E-state index in [9.17, 15) is 9.59 Å². The van der Waals surface area contributed by atoms with Crippen molar-refractivity contribution >= 4 is 18.0 Å². The first kappa shape index (κ1) is 18.2. The Balaban J connectivity index is 1.93. The standard InChI is InChI=1S/C18H27N3O3/c1-13-16(14(2)20(4)19-13)9-10-17(22)24-15(3)18(23)21-11-7-5-6-8-12-21/h9-10,15H,5-8,11-12H2,1-4H3/b10-9+/t15-/m0/s1. The number of rotatable bonds is 4. The van der Waals surface area contributed by atoms with Crippen molar-refractivity contribution in [1.82, 2.24) is 14.7 Å². The zero-order chi connectivity index (χ0) is 17.7. The molecule has 6 heteroatoms. The first-order valence-corrected chi connectivity index (χ1v) is 8.58. The van der Waals surface area contributed by atoms with Crippen LogP contribution in [0.15, 0.2) is 6.08 Å². The number of aryl methyl sites for hydroxylation is 2. The Kier molecular flexibility index (Phi) is 6.17. The van der Waals surface area contributed by atoms with Crippen molar-refractivity contribution in [2.24, 2.45) is 7.05 Å². The third-order valence-corrected chi connectivity index (χ3v) is 4.51. The van der Waals surface area contributed by atoms with Gasteiger partial charge in [0.1, 0.15) is 0 Å².